The zero-order chi connectivity index (χ0) is 21.2. The topological polar surface area (TPSA) is 63.2 Å². The van der Waals surface area contributed by atoms with Gasteiger partial charge in [0.05, 0.1) is 17.6 Å². The molecule has 29 heavy (non-hydrogen) atoms. The fraction of sp³-hybridized carbons (Fsp3) is 0.444. The number of rotatable bonds is 6. The van der Waals surface area contributed by atoms with E-state index in [-0.39, 0.29) is 28.6 Å². The Morgan fingerprint density at radius 2 is 1.93 bits per heavy atom. The molecule has 1 aliphatic rings. The van der Waals surface area contributed by atoms with Gasteiger partial charge >= 0.3 is 12.8 Å². The number of hydrogen-bond donors (Lipinski definition) is 2. The fourth-order valence-electron chi connectivity index (χ4n) is 3.27. The van der Waals surface area contributed by atoms with Crippen molar-refractivity contribution in [3.05, 3.63) is 35.8 Å². The summed E-state index contributed by atoms with van der Waals surface area (Å²) in [5.41, 5.74) is 0.280. The lowest BCUT2D eigenvalue weighted by Gasteiger charge is -2.16. The quantitative estimate of drug-likeness (QED) is 0.697. The summed E-state index contributed by atoms with van der Waals surface area (Å²) in [7, 11) is 0. The van der Waals surface area contributed by atoms with E-state index in [1.54, 1.807) is 0 Å². The minimum absolute atomic E-state index is 0.117. The van der Waals surface area contributed by atoms with Crippen LogP contribution in [0.1, 0.15) is 29.6 Å². The molecular formula is C18H17F6N3O2. The lowest BCUT2D eigenvalue weighted by molar-refractivity contribution is -0.126. The van der Waals surface area contributed by atoms with Crippen molar-refractivity contribution in [3.8, 4) is 5.75 Å². The summed E-state index contributed by atoms with van der Waals surface area (Å²) in [5, 5.41) is 5.36. The SMILES string of the molecule is O=C(N[C@@H]1CC[C@@H](NCC(F)(F)F)C1)c1cnc2cc(OC(F)F)c(F)cc2c1. The van der Waals surface area contributed by atoms with E-state index in [4.69, 9.17) is 0 Å². The minimum Gasteiger partial charge on any atom is -0.432 e. The Morgan fingerprint density at radius 1 is 1.21 bits per heavy atom. The molecule has 0 saturated heterocycles. The van der Waals surface area contributed by atoms with Crippen molar-refractivity contribution in [1.29, 1.82) is 0 Å². The van der Waals surface area contributed by atoms with Gasteiger partial charge in [0, 0.05) is 29.7 Å². The zero-order valence-electron chi connectivity index (χ0n) is 14.9. The molecule has 11 heteroatoms. The predicted molar refractivity (Wildman–Crippen MR) is 91.3 cm³/mol. The van der Waals surface area contributed by atoms with E-state index in [1.807, 2.05) is 0 Å². The molecule has 158 valence electrons. The van der Waals surface area contributed by atoms with Crippen LogP contribution in [0.2, 0.25) is 0 Å². The number of alkyl halides is 5. The number of pyridine rings is 1. The number of nitrogens with one attached hydrogen (secondary N) is 2. The van der Waals surface area contributed by atoms with Crippen molar-refractivity contribution in [1.82, 2.24) is 15.6 Å². The number of fused-ring (bicyclic) bond motifs is 1. The first-order valence-electron chi connectivity index (χ1n) is 8.76. The van der Waals surface area contributed by atoms with E-state index < -0.39 is 36.8 Å². The molecule has 3 rings (SSSR count). The first-order chi connectivity index (χ1) is 13.6. The summed E-state index contributed by atoms with van der Waals surface area (Å²) in [6.07, 6.45) is -1.73. The standard InChI is InChI=1S/C18H17F6N3O2/c19-13-4-9-3-10(7-25-14(9)6-15(13)29-17(20)21)16(28)27-12-2-1-11(5-12)26-8-18(22,23)24/h3-4,6-7,11-12,17,26H,1-2,5,8H2,(H,27,28)/t11-,12-/m1/s1. The third-order valence-electron chi connectivity index (χ3n) is 4.57. The molecule has 5 nitrogen and oxygen atoms in total. The predicted octanol–water partition coefficient (Wildman–Crippen LogP) is 3.78. The Morgan fingerprint density at radius 3 is 2.62 bits per heavy atom. The van der Waals surface area contributed by atoms with Crippen molar-refractivity contribution < 1.29 is 35.9 Å². The highest BCUT2D eigenvalue weighted by Crippen LogP contribution is 2.26. The number of hydrogen-bond acceptors (Lipinski definition) is 4. The molecular weight excluding hydrogens is 404 g/mol. The smallest absolute Gasteiger partial charge is 0.401 e. The number of carbonyl (C=O) groups excluding carboxylic acids is 1. The van der Waals surface area contributed by atoms with Gasteiger partial charge in [-0.3, -0.25) is 9.78 Å². The maximum atomic E-state index is 13.9. The van der Waals surface area contributed by atoms with Crippen LogP contribution in [0.4, 0.5) is 26.3 Å². The van der Waals surface area contributed by atoms with E-state index in [1.165, 1.54) is 12.3 Å². The van der Waals surface area contributed by atoms with E-state index in [0.717, 1.165) is 12.1 Å². The monoisotopic (exact) mass is 421 g/mol. The Hall–Kier alpha value is -2.56. The van der Waals surface area contributed by atoms with E-state index in [0.29, 0.717) is 19.3 Å². The highest BCUT2D eigenvalue weighted by Gasteiger charge is 2.31. The second-order valence-electron chi connectivity index (χ2n) is 6.75. The number of halogens is 6. The van der Waals surface area contributed by atoms with Crippen LogP contribution < -0.4 is 15.4 Å². The first kappa shape index (κ1) is 21.2. The van der Waals surface area contributed by atoms with Gasteiger partial charge in [-0.2, -0.15) is 22.0 Å². The molecule has 0 bridgehead atoms. The van der Waals surface area contributed by atoms with Gasteiger partial charge in [0.15, 0.2) is 11.6 Å². The van der Waals surface area contributed by atoms with Crippen LogP contribution in [0.3, 0.4) is 0 Å². The van der Waals surface area contributed by atoms with Crippen LogP contribution in [0.5, 0.6) is 5.75 Å². The molecule has 0 radical (unpaired) electrons. The highest BCUT2D eigenvalue weighted by atomic mass is 19.4. The zero-order valence-corrected chi connectivity index (χ0v) is 14.9. The molecule has 1 aliphatic carbocycles. The minimum atomic E-state index is -4.30. The van der Waals surface area contributed by atoms with Crippen molar-refractivity contribution in [2.45, 2.75) is 44.1 Å². The van der Waals surface area contributed by atoms with Crippen LogP contribution in [0.15, 0.2) is 24.4 Å². The molecule has 1 amide bonds. The molecule has 1 heterocycles. The summed E-state index contributed by atoms with van der Waals surface area (Å²) in [6, 6.07) is 2.64. The average Bonchev–Trinajstić information content (AvgIpc) is 3.06. The molecule has 2 aromatic rings. The molecule has 0 aliphatic heterocycles. The molecule has 1 fully saturated rings. The van der Waals surface area contributed by atoms with Crippen LogP contribution in [0.25, 0.3) is 10.9 Å². The largest absolute Gasteiger partial charge is 0.432 e. The normalized spacial score (nSPS) is 19.7. The van der Waals surface area contributed by atoms with Crippen LogP contribution in [-0.2, 0) is 0 Å². The number of ether oxygens (including phenoxy) is 1. The third-order valence-corrected chi connectivity index (χ3v) is 4.57. The lowest BCUT2D eigenvalue weighted by Crippen LogP contribution is -2.38. The van der Waals surface area contributed by atoms with Gasteiger partial charge in [-0.25, -0.2) is 4.39 Å². The van der Waals surface area contributed by atoms with Gasteiger partial charge in [-0.1, -0.05) is 0 Å². The molecule has 0 unspecified atom stereocenters. The molecule has 2 N–H and O–H groups in total. The Balaban J connectivity index is 1.64. The Bertz CT molecular complexity index is 890. The maximum absolute atomic E-state index is 13.9. The number of amides is 1. The van der Waals surface area contributed by atoms with E-state index in [2.05, 4.69) is 20.4 Å². The van der Waals surface area contributed by atoms with Crippen molar-refractivity contribution in [2.75, 3.05) is 6.54 Å². The van der Waals surface area contributed by atoms with Crippen molar-refractivity contribution >= 4 is 16.8 Å². The van der Waals surface area contributed by atoms with Gasteiger partial charge in [-0.15, -0.1) is 0 Å². The van der Waals surface area contributed by atoms with Gasteiger partial charge < -0.3 is 15.4 Å². The third kappa shape index (κ3) is 5.72. The Kier molecular flexibility index (Phi) is 6.15. The number of aromatic nitrogens is 1. The van der Waals surface area contributed by atoms with Crippen molar-refractivity contribution in [2.24, 2.45) is 0 Å². The fourth-order valence-corrected chi connectivity index (χ4v) is 3.27. The molecule has 0 spiro atoms. The molecule has 1 saturated carbocycles. The van der Waals surface area contributed by atoms with Crippen LogP contribution in [0, 0.1) is 5.82 Å². The number of nitrogens with zero attached hydrogens (tertiary/aromatic N) is 1. The van der Waals surface area contributed by atoms with Gasteiger partial charge in [0.1, 0.15) is 0 Å². The summed E-state index contributed by atoms with van der Waals surface area (Å²) in [5.74, 6) is -2.18. The van der Waals surface area contributed by atoms with Gasteiger partial charge in [-0.05, 0) is 31.4 Å². The van der Waals surface area contributed by atoms with Crippen LogP contribution in [-0.4, -0.2) is 42.3 Å². The highest BCUT2D eigenvalue weighted by molar-refractivity contribution is 5.97. The summed E-state index contributed by atoms with van der Waals surface area (Å²) in [6.45, 7) is -4.27. The van der Waals surface area contributed by atoms with Crippen LogP contribution >= 0.6 is 0 Å². The number of benzene rings is 1. The summed E-state index contributed by atoms with van der Waals surface area (Å²) in [4.78, 5) is 16.4. The van der Waals surface area contributed by atoms with E-state index in [9.17, 15) is 31.1 Å². The molecule has 2 atom stereocenters. The second-order valence-corrected chi connectivity index (χ2v) is 6.75. The Labute approximate surface area is 161 Å². The second kappa shape index (κ2) is 8.44. The van der Waals surface area contributed by atoms with E-state index >= 15 is 0 Å². The average molecular weight is 421 g/mol. The summed E-state index contributed by atoms with van der Waals surface area (Å²) < 4.78 is 79.3. The molecule has 1 aromatic carbocycles. The van der Waals surface area contributed by atoms with Gasteiger partial charge in [0.2, 0.25) is 0 Å². The van der Waals surface area contributed by atoms with Gasteiger partial charge in [0.25, 0.3) is 5.91 Å². The maximum Gasteiger partial charge on any atom is 0.401 e. The first-order valence-corrected chi connectivity index (χ1v) is 8.76. The van der Waals surface area contributed by atoms with Crippen molar-refractivity contribution in [3.63, 3.8) is 0 Å². The number of carbonyl (C=O) groups is 1. The lowest BCUT2D eigenvalue weighted by atomic mass is 10.1. The summed E-state index contributed by atoms with van der Waals surface area (Å²) >= 11 is 0. The molecule has 1 aromatic heterocycles.